The summed E-state index contributed by atoms with van der Waals surface area (Å²) in [7, 11) is 0. The van der Waals surface area contributed by atoms with E-state index < -0.39 is 6.61 Å². The number of nitrogens with one attached hydrogen (secondary N) is 1. The zero-order valence-corrected chi connectivity index (χ0v) is 12.6. The Kier molecular flexibility index (Phi) is 5.54. The summed E-state index contributed by atoms with van der Waals surface area (Å²) in [5, 5.41) is 3.24. The highest BCUT2D eigenvalue weighted by molar-refractivity contribution is 5.68. The summed E-state index contributed by atoms with van der Waals surface area (Å²) in [4.78, 5) is 13.9. The summed E-state index contributed by atoms with van der Waals surface area (Å²) in [6.07, 6.45) is -0.366. The molecule has 1 aliphatic heterocycles. The number of nitrogens with zero attached hydrogens (tertiary/aromatic N) is 1. The molecule has 1 amide bonds. The van der Waals surface area contributed by atoms with Crippen LogP contribution in [0.25, 0.3) is 0 Å². The molecule has 1 aromatic rings. The van der Waals surface area contributed by atoms with Gasteiger partial charge in [0.1, 0.15) is 12.4 Å². The van der Waals surface area contributed by atoms with E-state index in [0.717, 1.165) is 13.1 Å². The Bertz CT molecular complexity index is 486. The van der Waals surface area contributed by atoms with Gasteiger partial charge in [-0.1, -0.05) is 12.1 Å². The van der Waals surface area contributed by atoms with Gasteiger partial charge in [-0.25, -0.2) is 4.79 Å². The van der Waals surface area contributed by atoms with Crippen LogP contribution in [0.2, 0.25) is 0 Å². The average molecular weight is 314 g/mol. The van der Waals surface area contributed by atoms with E-state index in [-0.39, 0.29) is 30.5 Å². The molecule has 1 heterocycles. The molecule has 2 atom stereocenters. The zero-order chi connectivity index (χ0) is 16.1. The Hall–Kier alpha value is -1.89. The van der Waals surface area contributed by atoms with E-state index in [1.165, 1.54) is 12.1 Å². The van der Waals surface area contributed by atoms with Crippen molar-refractivity contribution in [2.75, 3.05) is 13.1 Å². The molecule has 0 radical (unpaired) electrons. The fraction of sp³-hybridized carbons (Fsp3) is 0.533. The number of piperazine rings is 1. The summed E-state index contributed by atoms with van der Waals surface area (Å²) in [6, 6.07) is 6.17. The topological polar surface area (TPSA) is 50.8 Å². The van der Waals surface area contributed by atoms with E-state index in [2.05, 4.69) is 10.1 Å². The molecule has 0 aromatic heterocycles. The molecule has 2 rings (SSSR count). The SMILES string of the molecule is CC1CNCC(C)N1C(=O)OCc1ccc(OC(F)F)cc1. The maximum atomic E-state index is 12.2. The van der Waals surface area contributed by atoms with Crippen molar-refractivity contribution in [3.05, 3.63) is 29.8 Å². The van der Waals surface area contributed by atoms with Gasteiger partial charge >= 0.3 is 12.7 Å². The molecule has 0 saturated carbocycles. The van der Waals surface area contributed by atoms with E-state index in [9.17, 15) is 13.6 Å². The van der Waals surface area contributed by atoms with E-state index in [0.29, 0.717) is 5.56 Å². The summed E-state index contributed by atoms with van der Waals surface area (Å²) in [5.41, 5.74) is 0.713. The lowest BCUT2D eigenvalue weighted by molar-refractivity contribution is -0.0498. The van der Waals surface area contributed by atoms with Crippen LogP contribution in [0.15, 0.2) is 24.3 Å². The first-order valence-electron chi connectivity index (χ1n) is 7.17. The third-order valence-corrected chi connectivity index (χ3v) is 3.55. The number of benzene rings is 1. The number of hydrogen-bond donors (Lipinski definition) is 1. The maximum Gasteiger partial charge on any atom is 0.410 e. The second-order valence-electron chi connectivity index (χ2n) is 5.34. The van der Waals surface area contributed by atoms with E-state index >= 15 is 0 Å². The van der Waals surface area contributed by atoms with Crippen LogP contribution >= 0.6 is 0 Å². The van der Waals surface area contributed by atoms with Gasteiger partial charge in [0.2, 0.25) is 0 Å². The molecule has 0 bridgehead atoms. The third-order valence-electron chi connectivity index (χ3n) is 3.55. The van der Waals surface area contributed by atoms with Gasteiger partial charge in [0, 0.05) is 25.2 Å². The molecule has 5 nitrogen and oxygen atoms in total. The molecule has 2 unspecified atom stereocenters. The predicted octanol–water partition coefficient (Wildman–Crippen LogP) is 2.61. The lowest BCUT2D eigenvalue weighted by Crippen LogP contribution is -2.57. The second kappa shape index (κ2) is 7.40. The van der Waals surface area contributed by atoms with Crippen molar-refractivity contribution in [2.24, 2.45) is 0 Å². The standard InChI is InChI=1S/C15H20F2N2O3/c1-10-7-18-8-11(2)19(10)15(20)21-9-12-3-5-13(6-4-12)22-14(16)17/h3-6,10-11,14,18H,7-9H2,1-2H3. The first kappa shape index (κ1) is 16.5. The Balaban J connectivity index is 1.87. The molecule has 1 aliphatic rings. The van der Waals surface area contributed by atoms with Crippen molar-refractivity contribution in [1.82, 2.24) is 10.2 Å². The Morgan fingerprint density at radius 2 is 1.86 bits per heavy atom. The van der Waals surface area contributed by atoms with Crippen molar-refractivity contribution < 1.29 is 23.0 Å². The van der Waals surface area contributed by atoms with Crippen LogP contribution < -0.4 is 10.1 Å². The Labute approximate surface area is 128 Å². The molecule has 1 saturated heterocycles. The number of carbonyl (C=O) groups excluding carboxylic acids is 1. The first-order chi connectivity index (χ1) is 10.5. The second-order valence-corrected chi connectivity index (χ2v) is 5.34. The van der Waals surface area contributed by atoms with E-state index in [1.54, 1.807) is 17.0 Å². The van der Waals surface area contributed by atoms with Crippen molar-refractivity contribution in [2.45, 2.75) is 39.1 Å². The highest BCUT2D eigenvalue weighted by atomic mass is 19.3. The quantitative estimate of drug-likeness (QED) is 0.928. The minimum absolute atomic E-state index is 0.0677. The zero-order valence-electron chi connectivity index (χ0n) is 12.6. The number of hydrogen-bond acceptors (Lipinski definition) is 4. The number of halogens is 2. The fourth-order valence-corrected chi connectivity index (χ4v) is 2.48. The van der Waals surface area contributed by atoms with Gasteiger partial charge in [0.15, 0.2) is 0 Å². The summed E-state index contributed by atoms with van der Waals surface area (Å²) in [6.45, 7) is 2.63. The summed E-state index contributed by atoms with van der Waals surface area (Å²) < 4.78 is 33.7. The van der Waals surface area contributed by atoms with Gasteiger partial charge in [0.25, 0.3) is 0 Å². The van der Waals surface area contributed by atoms with E-state index in [4.69, 9.17) is 4.74 Å². The van der Waals surface area contributed by atoms with Gasteiger partial charge in [-0.05, 0) is 31.5 Å². The van der Waals surface area contributed by atoms with Gasteiger partial charge < -0.3 is 19.7 Å². The predicted molar refractivity (Wildman–Crippen MR) is 76.9 cm³/mol. The number of ether oxygens (including phenoxy) is 2. The van der Waals surface area contributed by atoms with Crippen molar-refractivity contribution in [3.63, 3.8) is 0 Å². The van der Waals surface area contributed by atoms with Crippen LogP contribution in [0.4, 0.5) is 13.6 Å². The lowest BCUT2D eigenvalue weighted by Gasteiger charge is -2.38. The molecule has 1 fully saturated rings. The van der Waals surface area contributed by atoms with Crippen LogP contribution in [-0.2, 0) is 11.3 Å². The van der Waals surface area contributed by atoms with Crippen molar-refractivity contribution >= 4 is 6.09 Å². The fourth-order valence-electron chi connectivity index (χ4n) is 2.48. The van der Waals surface area contributed by atoms with Gasteiger partial charge in [-0.3, -0.25) is 0 Å². The van der Waals surface area contributed by atoms with Crippen LogP contribution in [0.3, 0.4) is 0 Å². The van der Waals surface area contributed by atoms with Crippen LogP contribution in [0.5, 0.6) is 5.75 Å². The molecular formula is C15H20F2N2O3. The molecule has 7 heteroatoms. The minimum Gasteiger partial charge on any atom is -0.445 e. The summed E-state index contributed by atoms with van der Waals surface area (Å²) >= 11 is 0. The number of carbonyl (C=O) groups is 1. The normalized spacial score (nSPS) is 21.8. The third kappa shape index (κ3) is 4.30. The molecule has 122 valence electrons. The molecule has 1 aromatic carbocycles. The Morgan fingerprint density at radius 3 is 2.41 bits per heavy atom. The maximum absolute atomic E-state index is 12.2. The highest BCUT2D eigenvalue weighted by Crippen LogP contribution is 2.17. The smallest absolute Gasteiger partial charge is 0.410 e. The number of alkyl halides is 2. The van der Waals surface area contributed by atoms with E-state index in [1.807, 2.05) is 13.8 Å². The van der Waals surface area contributed by atoms with Gasteiger partial charge in [0.05, 0.1) is 0 Å². The molecule has 1 N–H and O–H groups in total. The Morgan fingerprint density at radius 1 is 1.27 bits per heavy atom. The largest absolute Gasteiger partial charge is 0.445 e. The molecule has 0 aliphatic carbocycles. The van der Waals surface area contributed by atoms with Gasteiger partial charge in [-0.2, -0.15) is 8.78 Å². The highest BCUT2D eigenvalue weighted by Gasteiger charge is 2.29. The lowest BCUT2D eigenvalue weighted by atomic mass is 10.1. The number of amides is 1. The molecule has 0 spiro atoms. The van der Waals surface area contributed by atoms with Gasteiger partial charge in [-0.15, -0.1) is 0 Å². The molecule has 22 heavy (non-hydrogen) atoms. The summed E-state index contributed by atoms with van der Waals surface area (Å²) in [5.74, 6) is 0.0782. The van der Waals surface area contributed by atoms with Crippen molar-refractivity contribution in [3.8, 4) is 5.75 Å². The first-order valence-corrected chi connectivity index (χ1v) is 7.17. The van der Waals surface area contributed by atoms with Crippen molar-refractivity contribution in [1.29, 1.82) is 0 Å². The molecular weight excluding hydrogens is 294 g/mol. The monoisotopic (exact) mass is 314 g/mol. The van der Waals surface area contributed by atoms with Crippen LogP contribution in [0.1, 0.15) is 19.4 Å². The van der Waals surface area contributed by atoms with Crippen LogP contribution in [-0.4, -0.2) is 42.8 Å². The minimum atomic E-state index is -2.85. The average Bonchev–Trinajstić information content (AvgIpc) is 2.46. The van der Waals surface area contributed by atoms with Crippen LogP contribution in [0, 0.1) is 0 Å². The number of rotatable bonds is 4.